The van der Waals surface area contributed by atoms with Gasteiger partial charge in [0.15, 0.2) is 0 Å². The first-order valence-electron chi connectivity index (χ1n) is 9.25. The van der Waals surface area contributed by atoms with Gasteiger partial charge in [-0.3, -0.25) is 9.59 Å². The van der Waals surface area contributed by atoms with E-state index in [2.05, 4.69) is 20.7 Å². The van der Waals surface area contributed by atoms with Crippen molar-refractivity contribution in [2.45, 2.75) is 6.10 Å². The van der Waals surface area contributed by atoms with E-state index in [4.69, 9.17) is 10.6 Å². The molecule has 160 valence electrons. The number of carbonyl (C=O) groups is 1. The SMILES string of the molecule is N=N/C(=C\Nc1ccc(C(=O)NC[C@@H](O)CO)cc1)c1cc2cc(F)ccc2[nH]c1=O. The Balaban J connectivity index is 1.76. The van der Waals surface area contributed by atoms with Gasteiger partial charge in [0.25, 0.3) is 11.5 Å². The molecule has 3 rings (SSSR count). The molecule has 0 aliphatic carbocycles. The molecular weight excluding hydrogens is 405 g/mol. The van der Waals surface area contributed by atoms with Gasteiger partial charge in [-0.25, -0.2) is 9.92 Å². The number of nitrogens with zero attached hydrogens (tertiary/aromatic N) is 1. The van der Waals surface area contributed by atoms with Gasteiger partial charge in [-0.15, -0.1) is 0 Å². The summed E-state index contributed by atoms with van der Waals surface area (Å²) >= 11 is 0. The lowest BCUT2D eigenvalue weighted by Crippen LogP contribution is -2.33. The van der Waals surface area contributed by atoms with E-state index >= 15 is 0 Å². The number of fused-ring (bicyclic) bond motifs is 1. The largest absolute Gasteiger partial charge is 0.394 e. The highest BCUT2D eigenvalue weighted by Crippen LogP contribution is 2.19. The van der Waals surface area contributed by atoms with Gasteiger partial charge < -0.3 is 25.8 Å². The van der Waals surface area contributed by atoms with E-state index in [-0.39, 0.29) is 17.8 Å². The van der Waals surface area contributed by atoms with Crippen molar-refractivity contribution in [2.75, 3.05) is 18.5 Å². The summed E-state index contributed by atoms with van der Waals surface area (Å²) in [4.78, 5) is 27.0. The van der Waals surface area contributed by atoms with Gasteiger partial charge in [-0.05, 0) is 48.5 Å². The van der Waals surface area contributed by atoms with Gasteiger partial charge in [0, 0.05) is 34.9 Å². The molecule has 0 bridgehead atoms. The van der Waals surface area contributed by atoms with Crippen molar-refractivity contribution in [1.82, 2.24) is 10.3 Å². The highest BCUT2D eigenvalue weighted by Gasteiger charge is 2.10. The fourth-order valence-electron chi connectivity index (χ4n) is 2.78. The summed E-state index contributed by atoms with van der Waals surface area (Å²) < 4.78 is 13.5. The summed E-state index contributed by atoms with van der Waals surface area (Å²) in [7, 11) is 0. The van der Waals surface area contributed by atoms with Crippen molar-refractivity contribution in [3.05, 3.63) is 82.0 Å². The van der Waals surface area contributed by atoms with Crippen molar-refractivity contribution in [3.63, 3.8) is 0 Å². The van der Waals surface area contributed by atoms with Crippen molar-refractivity contribution in [1.29, 1.82) is 5.53 Å². The number of H-pyrrole nitrogens is 1. The van der Waals surface area contributed by atoms with Crippen LogP contribution < -0.4 is 16.2 Å². The molecule has 31 heavy (non-hydrogen) atoms. The number of aliphatic hydroxyl groups excluding tert-OH is 2. The number of anilines is 1. The second-order valence-corrected chi connectivity index (χ2v) is 6.65. The summed E-state index contributed by atoms with van der Waals surface area (Å²) in [6.45, 7) is -0.523. The van der Waals surface area contributed by atoms with Crippen molar-refractivity contribution in [3.8, 4) is 0 Å². The average Bonchev–Trinajstić information content (AvgIpc) is 2.78. The third kappa shape index (κ3) is 5.38. The van der Waals surface area contributed by atoms with Crippen LogP contribution in [0.2, 0.25) is 0 Å². The number of aliphatic hydroxyl groups is 2. The molecule has 10 heteroatoms. The minimum atomic E-state index is -1.03. The fraction of sp³-hybridized carbons (Fsp3) is 0.143. The molecule has 1 heterocycles. The van der Waals surface area contributed by atoms with Crippen LogP contribution in [-0.2, 0) is 0 Å². The van der Waals surface area contributed by atoms with Crippen LogP contribution in [0.5, 0.6) is 0 Å². The second-order valence-electron chi connectivity index (χ2n) is 6.65. The first kappa shape index (κ1) is 21.8. The first-order valence-corrected chi connectivity index (χ1v) is 9.25. The molecule has 0 aliphatic rings. The number of hydrogen-bond donors (Lipinski definition) is 6. The van der Waals surface area contributed by atoms with E-state index in [1.54, 1.807) is 24.3 Å². The van der Waals surface area contributed by atoms with Crippen LogP contribution in [0.15, 0.2) is 64.6 Å². The first-order chi connectivity index (χ1) is 14.9. The molecule has 0 unspecified atom stereocenters. The molecule has 0 aliphatic heterocycles. The molecule has 0 spiro atoms. The fourth-order valence-corrected chi connectivity index (χ4v) is 2.78. The minimum Gasteiger partial charge on any atom is -0.394 e. The van der Waals surface area contributed by atoms with E-state index in [0.29, 0.717) is 22.2 Å². The van der Waals surface area contributed by atoms with E-state index in [0.717, 1.165) is 0 Å². The molecule has 2 aromatic carbocycles. The summed E-state index contributed by atoms with van der Waals surface area (Å²) in [5, 5.41) is 27.3. The van der Waals surface area contributed by atoms with Crippen molar-refractivity contribution in [2.24, 2.45) is 5.11 Å². The normalized spacial score (nSPS) is 12.4. The highest BCUT2D eigenvalue weighted by molar-refractivity contribution is 5.94. The Bertz CT molecular complexity index is 1190. The summed E-state index contributed by atoms with van der Waals surface area (Å²) in [5.74, 6) is -0.863. The number of rotatable bonds is 8. The van der Waals surface area contributed by atoms with Gasteiger partial charge in [0.2, 0.25) is 0 Å². The third-order valence-corrected chi connectivity index (χ3v) is 4.43. The summed E-state index contributed by atoms with van der Waals surface area (Å²) in [6.07, 6.45) is 0.326. The lowest BCUT2D eigenvalue weighted by atomic mass is 10.1. The lowest BCUT2D eigenvalue weighted by molar-refractivity contribution is 0.0802. The molecule has 0 saturated heterocycles. The maximum absolute atomic E-state index is 13.5. The number of halogens is 1. The number of pyridine rings is 1. The average molecular weight is 425 g/mol. The van der Waals surface area contributed by atoms with Crippen LogP contribution in [0, 0.1) is 11.3 Å². The molecule has 0 fully saturated rings. The zero-order valence-corrected chi connectivity index (χ0v) is 16.2. The Hall–Kier alpha value is -3.89. The summed E-state index contributed by atoms with van der Waals surface area (Å²) in [6, 6.07) is 11.7. The van der Waals surface area contributed by atoms with Crippen LogP contribution in [-0.4, -0.2) is 40.4 Å². The maximum Gasteiger partial charge on any atom is 0.258 e. The van der Waals surface area contributed by atoms with Crippen LogP contribution >= 0.6 is 0 Å². The molecule has 1 atom stereocenters. The smallest absolute Gasteiger partial charge is 0.258 e. The Morgan fingerprint density at radius 1 is 1.23 bits per heavy atom. The number of amides is 1. The number of hydrogen-bond acceptors (Lipinski definition) is 7. The van der Waals surface area contributed by atoms with Gasteiger partial charge in [0.1, 0.15) is 11.5 Å². The zero-order chi connectivity index (χ0) is 22.4. The molecular formula is C21H20FN5O4. The monoisotopic (exact) mass is 425 g/mol. The predicted molar refractivity (Wildman–Crippen MR) is 113 cm³/mol. The van der Waals surface area contributed by atoms with Crippen molar-refractivity contribution >= 4 is 28.2 Å². The Kier molecular flexibility index (Phi) is 6.85. The number of aromatic amines is 1. The quantitative estimate of drug-likeness (QED) is 0.306. The van der Waals surface area contributed by atoms with Crippen LogP contribution in [0.1, 0.15) is 15.9 Å². The highest BCUT2D eigenvalue weighted by atomic mass is 19.1. The summed E-state index contributed by atoms with van der Waals surface area (Å²) in [5.41, 5.74) is 8.43. The molecule has 9 nitrogen and oxygen atoms in total. The van der Waals surface area contributed by atoms with Gasteiger partial charge in [-0.2, -0.15) is 5.11 Å². The number of nitrogens with one attached hydrogen (secondary N) is 4. The number of carbonyl (C=O) groups excluding carboxylic acids is 1. The zero-order valence-electron chi connectivity index (χ0n) is 16.2. The van der Waals surface area contributed by atoms with E-state index in [1.807, 2.05) is 0 Å². The maximum atomic E-state index is 13.5. The van der Waals surface area contributed by atoms with E-state index < -0.39 is 30.0 Å². The van der Waals surface area contributed by atoms with Crippen LogP contribution in [0.4, 0.5) is 10.1 Å². The van der Waals surface area contributed by atoms with Crippen molar-refractivity contribution < 1.29 is 19.4 Å². The minimum absolute atomic E-state index is 0.0345. The molecule has 6 N–H and O–H groups in total. The Morgan fingerprint density at radius 2 is 1.97 bits per heavy atom. The van der Waals surface area contributed by atoms with E-state index in [1.165, 1.54) is 30.5 Å². The standard InChI is InChI=1S/C21H20FN5O4/c22-14-3-6-18-13(7-14)8-17(21(31)26-18)19(27-23)10-24-15-4-1-12(2-5-15)20(30)25-9-16(29)11-28/h1-8,10,16,23-24,28-29H,9,11H2,(H,25,30)(H,26,31)/b19-10-,27-23?/t16-/m1/s1. The number of benzene rings is 2. The lowest BCUT2D eigenvalue weighted by Gasteiger charge is -2.09. The van der Waals surface area contributed by atoms with Gasteiger partial charge in [-0.1, -0.05) is 0 Å². The molecule has 1 amide bonds. The van der Waals surface area contributed by atoms with Crippen LogP contribution in [0.3, 0.4) is 0 Å². The van der Waals surface area contributed by atoms with E-state index in [9.17, 15) is 19.1 Å². The topological polar surface area (TPSA) is 151 Å². The third-order valence-electron chi connectivity index (χ3n) is 4.43. The molecule has 1 aromatic heterocycles. The Labute approximate surface area is 175 Å². The molecule has 3 aromatic rings. The Morgan fingerprint density at radius 3 is 2.65 bits per heavy atom. The van der Waals surface area contributed by atoms with Gasteiger partial charge >= 0.3 is 0 Å². The second kappa shape index (κ2) is 9.74. The predicted octanol–water partition coefficient (Wildman–Crippen LogP) is 2.19. The van der Waals surface area contributed by atoms with Crippen LogP contribution in [0.25, 0.3) is 16.6 Å². The number of aromatic nitrogens is 1. The van der Waals surface area contributed by atoms with Gasteiger partial charge in [0.05, 0.1) is 18.3 Å². The molecule has 0 saturated carbocycles. The molecule has 0 radical (unpaired) electrons.